The van der Waals surface area contributed by atoms with Crippen LogP contribution >= 0.6 is 0 Å². The van der Waals surface area contributed by atoms with Gasteiger partial charge in [-0.1, -0.05) is 111 Å². The molecule has 3 unspecified atom stereocenters. The molecular weight excluding hydrogens is 536 g/mol. The second-order valence-electron chi connectivity index (χ2n) is 14.0. The fourth-order valence-corrected chi connectivity index (χ4v) is 9.07. The second kappa shape index (κ2) is 9.86. The van der Waals surface area contributed by atoms with Crippen molar-refractivity contribution in [3.63, 3.8) is 0 Å². The molecule has 220 valence electrons. The SMILES string of the molecule is COc1cc(OC)cc(C2CC3=CC=C4C(=CC(C)(C)c5ccccc54)C3C(C)(c3cccc4c3Cc3ccccc3-4)C2)c1. The van der Waals surface area contributed by atoms with Gasteiger partial charge in [-0.15, -0.1) is 0 Å². The Bertz CT molecular complexity index is 1900. The normalized spacial score (nSPS) is 24.0. The minimum Gasteiger partial charge on any atom is -0.497 e. The number of hydrogen-bond acceptors (Lipinski definition) is 2. The Morgan fingerprint density at radius 1 is 0.705 bits per heavy atom. The summed E-state index contributed by atoms with van der Waals surface area (Å²) in [6, 6.07) is 31.5. The van der Waals surface area contributed by atoms with Crippen LogP contribution in [0, 0.1) is 5.92 Å². The summed E-state index contributed by atoms with van der Waals surface area (Å²) >= 11 is 0. The zero-order valence-electron chi connectivity index (χ0n) is 26.4. The molecule has 4 aromatic rings. The Hall–Kier alpha value is -4.30. The molecule has 0 aromatic heterocycles. The maximum atomic E-state index is 5.74. The average molecular weight is 577 g/mol. The number of hydrogen-bond donors (Lipinski definition) is 0. The number of ether oxygens (including phenoxy) is 2. The molecule has 0 spiro atoms. The van der Waals surface area contributed by atoms with E-state index >= 15 is 0 Å². The van der Waals surface area contributed by atoms with Crippen molar-refractivity contribution in [1.29, 1.82) is 0 Å². The lowest BCUT2D eigenvalue weighted by molar-refractivity contribution is 0.270. The smallest absolute Gasteiger partial charge is 0.122 e. The van der Waals surface area contributed by atoms with E-state index in [-0.39, 0.29) is 10.8 Å². The Morgan fingerprint density at radius 2 is 1.39 bits per heavy atom. The van der Waals surface area contributed by atoms with Crippen LogP contribution < -0.4 is 9.47 Å². The zero-order chi connectivity index (χ0) is 30.2. The van der Waals surface area contributed by atoms with Crippen molar-refractivity contribution >= 4 is 5.57 Å². The summed E-state index contributed by atoms with van der Waals surface area (Å²) in [4.78, 5) is 0. The molecule has 8 rings (SSSR count). The molecule has 0 saturated heterocycles. The van der Waals surface area contributed by atoms with Crippen LogP contribution in [-0.4, -0.2) is 14.2 Å². The highest BCUT2D eigenvalue weighted by atomic mass is 16.5. The number of allylic oxidation sites excluding steroid dienone is 6. The van der Waals surface area contributed by atoms with Crippen LogP contribution in [0.25, 0.3) is 16.7 Å². The first-order chi connectivity index (χ1) is 21.3. The number of benzene rings is 4. The van der Waals surface area contributed by atoms with Crippen molar-refractivity contribution in [3.05, 3.63) is 148 Å². The Kier molecular flexibility index (Phi) is 6.11. The van der Waals surface area contributed by atoms with Crippen molar-refractivity contribution in [3.8, 4) is 22.6 Å². The molecule has 0 heterocycles. The minimum atomic E-state index is -0.119. The summed E-state index contributed by atoms with van der Waals surface area (Å²) in [6.07, 6.45) is 10.5. The Labute approximate surface area is 261 Å². The van der Waals surface area contributed by atoms with Crippen LogP contribution in [0.4, 0.5) is 0 Å². The fourth-order valence-electron chi connectivity index (χ4n) is 9.07. The van der Waals surface area contributed by atoms with Crippen molar-refractivity contribution in [2.24, 2.45) is 5.92 Å². The number of rotatable bonds is 4. The van der Waals surface area contributed by atoms with Gasteiger partial charge in [0.2, 0.25) is 0 Å². The number of fused-ring (bicyclic) bond motifs is 8. The van der Waals surface area contributed by atoms with Gasteiger partial charge in [-0.05, 0) is 93.0 Å². The molecule has 4 aromatic carbocycles. The van der Waals surface area contributed by atoms with Crippen LogP contribution in [0.2, 0.25) is 0 Å². The largest absolute Gasteiger partial charge is 0.497 e. The summed E-state index contributed by atoms with van der Waals surface area (Å²) in [6.45, 7) is 7.33. The van der Waals surface area contributed by atoms with Crippen LogP contribution in [0.5, 0.6) is 11.5 Å². The maximum absolute atomic E-state index is 5.74. The molecule has 0 aliphatic heterocycles. The highest BCUT2D eigenvalue weighted by Gasteiger charge is 2.50. The van der Waals surface area contributed by atoms with Gasteiger partial charge in [-0.3, -0.25) is 0 Å². The standard InChI is InChI=1S/C42H40O2/c1-41(2)25-37-34(35-13-8-9-15-38(35)41)18-17-27-19-29(28-20-30(43-4)23-31(21-28)44-5)24-42(3,40(27)37)39-16-10-14-33-32-12-7-6-11-26(32)22-36(33)39/h6-18,20-21,23,25,29,40H,19,22,24H2,1-5H3. The van der Waals surface area contributed by atoms with Gasteiger partial charge < -0.3 is 9.47 Å². The lowest BCUT2D eigenvalue weighted by atomic mass is 9.52. The highest BCUT2D eigenvalue weighted by molar-refractivity contribution is 5.88. The number of methoxy groups -OCH3 is 2. The predicted octanol–water partition coefficient (Wildman–Crippen LogP) is 9.97. The monoisotopic (exact) mass is 576 g/mol. The summed E-state index contributed by atoms with van der Waals surface area (Å²) in [5.41, 5.74) is 15.6. The highest BCUT2D eigenvalue weighted by Crippen LogP contribution is 2.61. The van der Waals surface area contributed by atoms with E-state index in [2.05, 4.69) is 118 Å². The van der Waals surface area contributed by atoms with E-state index in [1.807, 2.05) is 6.07 Å². The predicted molar refractivity (Wildman–Crippen MR) is 181 cm³/mol. The summed E-state index contributed by atoms with van der Waals surface area (Å²) in [5, 5.41) is 0. The minimum absolute atomic E-state index is 0.0431. The molecule has 0 amide bonds. The van der Waals surface area contributed by atoms with Gasteiger partial charge in [0.1, 0.15) is 11.5 Å². The zero-order valence-corrected chi connectivity index (χ0v) is 26.4. The fraction of sp³-hybridized carbons (Fsp3) is 0.286. The molecule has 2 heteroatoms. The van der Waals surface area contributed by atoms with Gasteiger partial charge in [0, 0.05) is 22.8 Å². The molecule has 44 heavy (non-hydrogen) atoms. The van der Waals surface area contributed by atoms with Crippen molar-refractivity contribution in [1.82, 2.24) is 0 Å². The van der Waals surface area contributed by atoms with E-state index in [1.54, 1.807) is 14.2 Å². The second-order valence-corrected chi connectivity index (χ2v) is 14.0. The lowest BCUT2D eigenvalue weighted by Gasteiger charge is -2.51. The van der Waals surface area contributed by atoms with E-state index < -0.39 is 0 Å². The molecule has 0 N–H and O–H groups in total. The van der Waals surface area contributed by atoms with Crippen molar-refractivity contribution < 1.29 is 9.47 Å². The lowest BCUT2D eigenvalue weighted by Crippen LogP contribution is -2.43. The average Bonchev–Trinajstić information content (AvgIpc) is 3.43. The van der Waals surface area contributed by atoms with Crippen molar-refractivity contribution in [2.75, 3.05) is 14.2 Å². The third kappa shape index (κ3) is 4.00. The van der Waals surface area contributed by atoms with Gasteiger partial charge in [-0.2, -0.15) is 0 Å². The van der Waals surface area contributed by atoms with E-state index in [0.29, 0.717) is 11.8 Å². The third-order valence-corrected chi connectivity index (χ3v) is 11.0. The molecule has 0 radical (unpaired) electrons. The molecule has 1 fully saturated rings. The Balaban J connectivity index is 1.35. The molecule has 1 saturated carbocycles. The molecular formula is C42H40O2. The summed E-state index contributed by atoms with van der Waals surface area (Å²) in [5.74, 6) is 2.35. The van der Waals surface area contributed by atoms with E-state index in [0.717, 1.165) is 30.8 Å². The van der Waals surface area contributed by atoms with Crippen molar-refractivity contribution in [2.45, 2.75) is 56.8 Å². The first kappa shape index (κ1) is 27.3. The van der Waals surface area contributed by atoms with Gasteiger partial charge in [0.25, 0.3) is 0 Å². The Morgan fingerprint density at radius 3 is 2.16 bits per heavy atom. The molecule has 4 aliphatic rings. The van der Waals surface area contributed by atoms with Crippen LogP contribution in [0.3, 0.4) is 0 Å². The van der Waals surface area contributed by atoms with Gasteiger partial charge >= 0.3 is 0 Å². The van der Waals surface area contributed by atoms with Crippen LogP contribution in [0.15, 0.2) is 114 Å². The summed E-state index contributed by atoms with van der Waals surface area (Å²) in [7, 11) is 3.49. The maximum Gasteiger partial charge on any atom is 0.122 e. The quantitative estimate of drug-likeness (QED) is 0.212. The topological polar surface area (TPSA) is 18.5 Å². The molecule has 3 atom stereocenters. The van der Waals surface area contributed by atoms with Gasteiger partial charge in [0.05, 0.1) is 14.2 Å². The van der Waals surface area contributed by atoms with Crippen LogP contribution in [-0.2, 0) is 17.3 Å². The molecule has 0 bridgehead atoms. The van der Waals surface area contributed by atoms with E-state index in [9.17, 15) is 0 Å². The van der Waals surface area contributed by atoms with Gasteiger partial charge in [0.15, 0.2) is 0 Å². The molecule has 4 aliphatic carbocycles. The van der Waals surface area contributed by atoms with Gasteiger partial charge in [-0.25, -0.2) is 0 Å². The first-order valence-electron chi connectivity index (χ1n) is 16.0. The third-order valence-electron chi connectivity index (χ3n) is 11.0. The first-order valence-corrected chi connectivity index (χ1v) is 16.0. The molecule has 2 nitrogen and oxygen atoms in total. The summed E-state index contributed by atoms with van der Waals surface area (Å²) < 4.78 is 11.5. The van der Waals surface area contributed by atoms with E-state index in [1.165, 1.54) is 61.2 Å². The van der Waals surface area contributed by atoms with E-state index in [4.69, 9.17) is 9.47 Å². The van der Waals surface area contributed by atoms with Crippen LogP contribution in [0.1, 0.15) is 72.9 Å².